The molecule has 3 aromatic rings. The Balaban J connectivity index is 2.24. The van der Waals surface area contributed by atoms with E-state index in [9.17, 15) is 5.11 Å². The molecule has 0 aliphatic carbocycles. The Morgan fingerprint density at radius 2 is 0.700 bits per heavy atom. The Morgan fingerprint density at radius 1 is 0.450 bits per heavy atom. The molecule has 0 saturated carbocycles. The quantitative estimate of drug-likeness (QED) is 0.558. The predicted octanol–water partition coefficient (Wildman–Crippen LogP) is 3.97. The van der Waals surface area contributed by atoms with Crippen LogP contribution in [0, 0.1) is 0 Å². The molecule has 1 heteroatoms. The third-order valence-corrected chi connectivity index (χ3v) is 3.57. The molecule has 20 heavy (non-hydrogen) atoms. The Bertz CT molecular complexity index is 563. The molecular weight excluding hydrogens is 245 g/mol. The van der Waals surface area contributed by atoms with Gasteiger partial charge in [0.1, 0.15) is 5.60 Å². The largest absolute Gasteiger partial charge is 0.376 e. The van der Waals surface area contributed by atoms with Gasteiger partial charge in [-0.1, -0.05) is 91.0 Å². The molecule has 0 fully saturated rings. The minimum Gasteiger partial charge on any atom is -0.376 e. The standard InChI is InChI=1S/C19H16O/c20-19(16-10-4-1-5-11-16,17-12-6-2-7-13-17)18-14-8-3-9-15-18/h1-15,20H/i19+1. The van der Waals surface area contributed by atoms with E-state index in [1.54, 1.807) is 0 Å². The van der Waals surface area contributed by atoms with Crippen LogP contribution < -0.4 is 0 Å². The van der Waals surface area contributed by atoms with Crippen molar-refractivity contribution in [2.45, 2.75) is 5.60 Å². The van der Waals surface area contributed by atoms with Crippen LogP contribution in [0.15, 0.2) is 91.0 Å². The molecule has 0 radical (unpaired) electrons. The van der Waals surface area contributed by atoms with Gasteiger partial charge in [-0.2, -0.15) is 0 Å². The number of aliphatic hydroxyl groups is 1. The van der Waals surface area contributed by atoms with Gasteiger partial charge in [-0.15, -0.1) is 0 Å². The van der Waals surface area contributed by atoms with E-state index in [0.717, 1.165) is 16.7 Å². The summed E-state index contributed by atoms with van der Waals surface area (Å²) in [5.74, 6) is 0. The summed E-state index contributed by atoms with van der Waals surface area (Å²) in [6, 6.07) is 29.3. The summed E-state index contributed by atoms with van der Waals surface area (Å²) >= 11 is 0. The average Bonchev–Trinajstić information content (AvgIpc) is 2.56. The molecule has 0 bridgehead atoms. The maximum absolute atomic E-state index is 11.4. The van der Waals surface area contributed by atoms with Gasteiger partial charge in [-0.05, 0) is 16.7 Å². The smallest absolute Gasteiger partial charge is 0.140 e. The van der Waals surface area contributed by atoms with Crippen LogP contribution in [0.3, 0.4) is 0 Å². The number of hydrogen-bond donors (Lipinski definition) is 1. The molecule has 98 valence electrons. The van der Waals surface area contributed by atoms with Crippen LogP contribution in [0.1, 0.15) is 16.7 Å². The first-order chi connectivity index (χ1) is 9.82. The molecule has 1 N–H and O–H groups in total. The van der Waals surface area contributed by atoms with E-state index in [0.29, 0.717) is 0 Å². The van der Waals surface area contributed by atoms with Crippen molar-refractivity contribution in [1.82, 2.24) is 0 Å². The van der Waals surface area contributed by atoms with Crippen LogP contribution in [0.5, 0.6) is 0 Å². The van der Waals surface area contributed by atoms with Crippen molar-refractivity contribution in [3.8, 4) is 0 Å². The van der Waals surface area contributed by atoms with E-state index < -0.39 is 5.60 Å². The summed E-state index contributed by atoms with van der Waals surface area (Å²) in [4.78, 5) is 0. The fraction of sp³-hybridized carbons (Fsp3) is 0.0526. The maximum Gasteiger partial charge on any atom is 0.140 e. The van der Waals surface area contributed by atoms with E-state index >= 15 is 0 Å². The van der Waals surface area contributed by atoms with E-state index in [2.05, 4.69) is 0 Å². The van der Waals surface area contributed by atoms with Crippen molar-refractivity contribution >= 4 is 0 Å². The summed E-state index contributed by atoms with van der Waals surface area (Å²) in [5.41, 5.74) is 1.50. The molecule has 0 heterocycles. The summed E-state index contributed by atoms with van der Waals surface area (Å²) in [7, 11) is 0. The van der Waals surface area contributed by atoms with Crippen LogP contribution in [-0.4, -0.2) is 5.11 Å². The van der Waals surface area contributed by atoms with Crippen LogP contribution >= 0.6 is 0 Å². The summed E-state index contributed by atoms with van der Waals surface area (Å²) in [5, 5.41) is 11.4. The molecule has 0 aliphatic rings. The first-order valence-electron chi connectivity index (χ1n) is 6.71. The van der Waals surface area contributed by atoms with Crippen LogP contribution in [0.25, 0.3) is 0 Å². The topological polar surface area (TPSA) is 20.2 Å². The molecule has 0 aromatic heterocycles. The number of hydrogen-bond acceptors (Lipinski definition) is 1. The van der Waals surface area contributed by atoms with Gasteiger partial charge in [0.05, 0.1) is 0 Å². The van der Waals surface area contributed by atoms with Gasteiger partial charge < -0.3 is 5.11 Å². The second kappa shape index (κ2) is 5.32. The monoisotopic (exact) mass is 261 g/mol. The fourth-order valence-corrected chi connectivity index (χ4v) is 2.54. The molecule has 3 rings (SSSR count). The average molecular weight is 261 g/mol. The zero-order chi connectivity index (χ0) is 13.8. The minimum atomic E-state index is -1.12. The minimum absolute atomic E-state index is 0.873. The van der Waals surface area contributed by atoms with Gasteiger partial charge in [0, 0.05) is 0 Å². The molecule has 1 nitrogen and oxygen atoms in total. The first-order valence-corrected chi connectivity index (χ1v) is 6.71. The molecule has 0 unspecified atom stereocenters. The Morgan fingerprint density at radius 3 is 0.950 bits per heavy atom. The van der Waals surface area contributed by atoms with E-state index in [1.165, 1.54) is 0 Å². The van der Waals surface area contributed by atoms with Crippen molar-refractivity contribution in [2.75, 3.05) is 0 Å². The molecule has 0 spiro atoms. The maximum atomic E-state index is 11.4. The second-order valence-electron chi connectivity index (χ2n) is 4.81. The van der Waals surface area contributed by atoms with E-state index in [1.807, 2.05) is 91.0 Å². The molecule has 0 aliphatic heterocycles. The third kappa shape index (κ3) is 2.13. The zero-order valence-corrected chi connectivity index (χ0v) is 11.1. The van der Waals surface area contributed by atoms with Gasteiger partial charge >= 0.3 is 0 Å². The SMILES string of the molecule is O[13C](c1ccccc1)(c1ccccc1)c1ccccc1. The van der Waals surface area contributed by atoms with Crippen molar-refractivity contribution in [1.29, 1.82) is 0 Å². The lowest BCUT2D eigenvalue weighted by Crippen LogP contribution is -2.28. The summed E-state index contributed by atoms with van der Waals surface area (Å²) in [6.45, 7) is 0. The Kier molecular flexibility index (Phi) is 3.36. The lowest BCUT2D eigenvalue weighted by atomic mass is 10.0. The molecular formula is C19H16O. The van der Waals surface area contributed by atoms with E-state index in [-0.39, 0.29) is 0 Å². The van der Waals surface area contributed by atoms with Crippen LogP contribution in [0.4, 0.5) is 0 Å². The van der Waals surface area contributed by atoms with Gasteiger partial charge in [0.25, 0.3) is 0 Å². The van der Waals surface area contributed by atoms with Crippen molar-refractivity contribution in [3.63, 3.8) is 0 Å². The molecule has 0 atom stereocenters. The highest BCUT2D eigenvalue weighted by molar-refractivity contribution is 5.46. The lowest BCUT2D eigenvalue weighted by molar-refractivity contribution is 0.125. The first kappa shape index (κ1) is 12.6. The van der Waals surface area contributed by atoms with E-state index in [4.69, 9.17) is 0 Å². The highest BCUT2D eigenvalue weighted by atomic mass is 16.4. The van der Waals surface area contributed by atoms with Gasteiger partial charge in [-0.3, -0.25) is 0 Å². The van der Waals surface area contributed by atoms with Gasteiger partial charge in [-0.25, -0.2) is 0 Å². The zero-order valence-electron chi connectivity index (χ0n) is 11.1. The fourth-order valence-electron chi connectivity index (χ4n) is 2.54. The predicted molar refractivity (Wildman–Crippen MR) is 81.4 cm³/mol. The lowest BCUT2D eigenvalue weighted by Gasteiger charge is -2.30. The third-order valence-electron chi connectivity index (χ3n) is 3.57. The number of benzene rings is 3. The molecule has 0 amide bonds. The summed E-state index contributed by atoms with van der Waals surface area (Å²) in [6.07, 6.45) is 0. The molecule has 0 saturated heterocycles. The van der Waals surface area contributed by atoms with Crippen LogP contribution in [0.2, 0.25) is 0 Å². The van der Waals surface area contributed by atoms with Crippen molar-refractivity contribution < 1.29 is 5.11 Å². The van der Waals surface area contributed by atoms with Crippen molar-refractivity contribution in [2.24, 2.45) is 0 Å². The normalized spacial score (nSPS) is 11.2. The Labute approximate surface area is 119 Å². The Hall–Kier alpha value is -2.38. The highest BCUT2D eigenvalue weighted by Gasteiger charge is 2.33. The van der Waals surface area contributed by atoms with Gasteiger partial charge in [0.15, 0.2) is 0 Å². The van der Waals surface area contributed by atoms with Crippen LogP contribution in [-0.2, 0) is 5.60 Å². The van der Waals surface area contributed by atoms with Crippen molar-refractivity contribution in [3.05, 3.63) is 108 Å². The summed E-state index contributed by atoms with van der Waals surface area (Å²) < 4.78 is 0. The highest BCUT2D eigenvalue weighted by Crippen LogP contribution is 2.36. The van der Waals surface area contributed by atoms with Gasteiger partial charge in [0.2, 0.25) is 0 Å². The number of rotatable bonds is 3. The second-order valence-corrected chi connectivity index (χ2v) is 4.81. The molecule has 3 aromatic carbocycles.